The Morgan fingerprint density at radius 1 is 1.08 bits per heavy atom. The molecule has 0 aliphatic heterocycles. The standard InChI is InChI=1S/C16H25N5S2.HI/c1-4-15-21-14(11-23-15)7-9-19-16(17-5-2)18-8-6-13-10-22-12(3)20-13;/h10-11H,4-9H2,1-3H3,(H2,17,18,19);1H. The van der Waals surface area contributed by atoms with Gasteiger partial charge in [0.1, 0.15) is 0 Å². The minimum absolute atomic E-state index is 0. The summed E-state index contributed by atoms with van der Waals surface area (Å²) in [6, 6.07) is 0. The van der Waals surface area contributed by atoms with E-state index in [1.807, 2.05) is 6.92 Å². The first-order valence-corrected chi connectivity index (χ1v) is 9.83. The SMILES string of the molecule is CCNC(=NCCc1csc(CC)n1)NCCc1csc(C)n1.I. The summed E-state index contributed by atoms with van der Waals surface area (Å²) in [6.07, 6.45) is 2.81. The van der Waals surface area contributed by atoms with E-state index in [0.29, 0.717) is 0 Å². The normalized spacial score (nSPS) is 11.2. The molecule has 0 bridgehead atoms. The van der Waals surface area contributed by atoms with Crippen LogP contribution < -0.4 is 10.6 Å². The van der Waals surface area contributed by atoms with Gasteiger partial charge >= 0.3 is 0 Å². The van der Waals surface area contributed by atoms with Crippen molar-refractivity contribution < 1.29 is 0 Å². The van der Waals surface area contributed by atoms with E-state index in [1.54, 1.807) is 22.7 Å². The highest BCUT2D eigenvalue weighted by molar-refractivity contribution is 14.0. The number of halogens is 1. The summed E-state index contributed by atoms with van der Waals surface area (Å²) in [6.45, 7) is 8.70. The zero-order valence-corrected chi connectivity index (χ0v) is 18.4. The molecule has 0 atom stereocenters. The van der Waals surface area contributed by atoms with Gasteiger partial charge in [-0.1, -0.05) is 6.92 Å². The van der Waals surface area contributed by atoms with E-state index < -0.39 is 0 Å². The molecule has 0 radical (unpaired) electrons. The zero-order valence-electron chi connectivity index (χ0n) is 14.5. The van der Waals surface area contributed by atoms with E-state index in [4.69, 9.17) is 0 Å². The van der Waals surface area contributed by atoms with Gasteiger partial charge in [0.05, 0.1) is 21.4 Å². The van der Waals surface area contributed by atoms with Crippen LogP contribution in [0, 0.1) is 6.92 Å². The van der Waals surface area contributed by atoms with Crippen LogP contribution in [-0.2, 0) is 19.3 Å². The van der Waals surface area contributed by atoms with Crippen LogP contribution in [0.5, 0.6) is 0 Å². The largest absolute Gasteiger partial charge is 0.357 e. The van der Waals surface area contributed by atoms with Crippen LogP contribution in [0.15, 0.2) is 15.8 Å². The second-order valence-electron chi connectivity index (χ2n) is 5.13. The van der Waals surface area contributed by atoms with Gasteiger partial charge in [0.2, 0.25) is 0 Å². The summed E-state index contributed by atoms with van der Waals surface area (Å²) in [7, 11) is 0. The Balaban J connectivity index is 0.00000288. The molecule has 0 amide bonds. The van der Waals surface area contributed by atoms with Crippen LogP contribution in [0.3, 0.4) is 0 Å². The topological polar surface area (TPSA) is 62.2 Å². The lowest BCUT2D eigenvalue weighted by Crippen LogP contribution is -2.38. The summed E-state index contributed by atoms with van der Waals surface area (Å²) in [5.41, 5.74) is 2.29. The van der Waals surface area contributed by atoms with Crippen LogP contribution in [0.4, 0.5) is 0 Å². The van der Waals surface area contributed by atoms with Gasteiger partial charge < -0.3 is 10.6 Å². The number of rotatable bonds is 8. The van der Waals surface area contributed by atoms with E-state index in [-0.39, 0.29) is 24.0 Å². The minimum atomic E-state index is 0. The second-order valence-corrected chi connectivity index (χ2v) is 7.14. The van der Waals surface area contributed by atoms with Gasteiger partial charge in [-0.15, -0.1) is 46.7 Å². The van der Waals surface area contributed by atoms with Crippen LogP contribution in [0.25, 0.3) is 0 Å². The number of hydrogen-bond acceptors (Lipinski definition) is 5. The lowest BCUT2D eigenvalue weighted by atomic mass is 10.3. The predicted molar refractivity (Wildman–Crippen MR) is 115 cm³/mol. The molecule has 2 rings (SSSR count). The Bertz CT molecular complexity index is 624. The van der Waals surface area contributed by atoms with Crippen molar-refractivity contribution in [2.75, 3.05) is 19.6 Å². The monoisotopic (exact) mass is 479 g/mol. The number of nitrogens with zero attached hydrogens (tertiary/aromatic N) is 3. The Morgan fingerprint density at radius 3 is 2.46 bits per heavy atom. The molecule has 0 spiro atoms. The molecule has 2 aromatic heterocycles. The molecular formula is C16H26IN5S2. The third-order valence-corrected chi connectivity index (χ3v) is 5.09. The van der Waals surface area contributed by atoms with Gasteiger partial charge in [0.25, 0.3) is 0 Å². The van der Waals surface area contributed by atoms with Crippen molar-refractivity contribution in [3.63, 3.8) is 0 Å². The van der Waals surface area contributed by atoms with Crippen molar-refractivity contribution in [2.45, 2.75) is 40.0 Å². The molecule has 2 N–H and O–H groups in total. The Morgan fingerprint density at radius 2 is 1.83 bits per heavy atom. The molecular weight excluding hydrogens is 453 g/mol. The Labute approximate surface area is 169 Å². The first kappa shape index (κ1) is 21.3. The summed E-state index contributed by atoms with van der Waals surface area (Å²) < 4.78 is 0. The highest BCUT2D eigenvalue weighted by Gasteiger charge is 2.02. The van der Waals surface area contributed by atoms with Gasteiger partial charge in [-0.2, -0.15) is 0 Å². The number of nitrogens with one attached hydrogen (secondary N) is 2. The lowest BCUT2D eigenvalue weighted by molar-refractivity contribution is 0.786. The first-order chi connectivity index (χ1) is 11.2. The van der Waals surface area contributed by atoms with Crippen LogP contribution in [0.1, 0.15) is 35.3 Å². The molecule has 5 nitrogen and oxygen atoms in total. The van der Waals surface area contributed by atoms with Crippen molar-refractivity contribution >= 4 is 52.6 Å². The summed E-state index contributed by atoms with van der Waals surface area (Å²) in [4.78, 5) is 13.7. The molecule has 0 unspecified atom stereocenters. The maximum absolute atomic E-state index is 4.62. The van der Waals surface area contributed by atoms with Crippen LogP contribution >= 0.6 is 46.7 Å². The molecule has 2 heterocycles. The van der Waals surface area contributed by atoms with Crippen molar-refractivity contribution in [2.24, 2.45) is 4.99 Å². The third-order valence-electron chi connectivity index (χ3n) is 3.22. The molecule has 0 aliphatic carbocycles. The lowest BCUT2D eigenvalue weighted by Gasteiger charge is -2.10. The van der Waals surface area contributed by atoms with Crippen LogP contribution in [0.2, 0.25) is 0 Å². The first-order valence-electron chi connectivity index (χ1n) is 8.07. The van der Waals surface area contributed by atoms with E-state index in [0.717, 1.165) is 61.3 Å². The number of aryl methyl sites for hydroxylation is 2. The second kappa shape index (κ2) is 11.8. The summed E-state index contributed by atoms with van der Waals surface area (Å²) in [5, 5.41) is 13.2. The fourth-order valence-corrected chi connectivity index (χ4v) is 3.51. The van der Waals surface area contributed by atoms with E-state index in [2.05, 4.69) is 50.2 Å². The van der Waals surface area contributed by atoms with E-state index in [9.17, 15) is 0 Å². The van der Waals surface area contributed by atoms with Crippen molar-refractivity contribution in [1.29, 1.82) is 0 Å². The number of hydrogen-bond donors (Lipinski definition) is 2. The number of aromatic nitrogens is 2. The average molecular weight is 479 g/mol. The van der Waals surface area contributed by atoms with Gasteiger partial charge in [-0.3, -0.25) is 4.99 Å². The molecule has 0 saturated carbocycles. The van der Waals surface area contributed by atoms with Crippen molar-refractivity contribution in [3.8, 4) is 0 Å². The molecule has 0 saturated heterocycles. The number of aliphatic imine (C=N–C) groups is 1. The molecule has 0 aromatic carbocycles. The van der Waals surface area contributed by atoms with Gasteiger partial charge in [0, 0.05) is 43.2 Å². The highest BCUT2D eigenvalue weighted by Crippen LogP contribution is 2.10. The number of guanidine groups is 1. The fourth-order valence-electron chi connectivity index (χ4n) is 2.08. The molecule has 0 aliphatic rings. The van der Waals surface area contributed by atoms with Gasteiger partial charge in [-0.25, -0.2) is 9.97 Å². The fraction of sp³-hybridized carbons (Fsp3) is 0.562. The number of thiazole rings is 2. The summed E-state index contributed by atoms with van der Waals surface area (Å²) in [5.74, 6) is 0.866. The van der Waals surface area contributed by atoms with Crippen molar-refractivity contribution in [1.82, 2.24) is 20.6 Å². The minimum Gasteiger partial charge on any atom is -0.357 e. The highest BCUT2D eigenvalue weighted by atomic mass is 127. The van der Waals surface area contributed by atoms with E-state index >= 15 is 0 Å². The van der Waals surface area contributed by atoms with Gasteiger partial charge in [-0.05, 0) is 20.3 Å². The zero-order chi connectivity index (χ0) is 16.5. The molecule has 134 valence electrons. The predicted octanol–water partition coefficient (Wildman–Crippen LogP) is 3.43. The quantitative estimate of drug-likeness (QED) is 0.346. The van der Waals surface area contributed by atoms with Crippen LogP contribution in [-0.4, -0.2) is 35.6 Å². The maximum Gasteiger partial charge on any atom is 0.191 e. The maximum atomic E-state index is 4.62. The molecule has 24 heavy (non-hydrogen) atoms. The molecule has 0 fully saturated rings. The molecule has 2 aromatic rings. The van der Waals surface area contributed by atoms with Crippen molar-refractivity contribution in [3.05, 3.63) is 32.2 Å². The Hall–Kier alpha value is -0.740. The average Bonchev–Trinajstić information content (AvgIpc) is 3.16. The van der Waals surface area contributed by atoms with E-state index in [1.165, 1.54) is 5.01 Å². The third kappa shape index (κ3) is 7.43. The smallest absolute Gasteiger partial charge is 0.191 e. The molecule has 8 heteroatoms. The van der Waals surface area contributed by atoms with Gasteiger partial charge in [0.15, 0.2) is 5.96 Å². The summed E-state index contributed by atoms with van der Waals surface area (Å²) >= 11 is 3.43. The Kier molecular flexibility index (Phi) is 10.4.